The first-order valence-corrected chi connectivity index (χ1v) is 9.42. The van der Waals surface area contributed by atoms with Crippen molar-refractivity contribution in [2.45, 2.75) is 37.6 Å². The molecule has 0 amide bonds. The summed E-state index contributed by atoms with van der Waals surface area (Å²) in [7, 11) is -2.24. The average molecular weight is 346 g/mol. The molecule has 5 nitrogen and oxygen atoms in total. The van der Waals surface area contributed by atoms with Crippen LogP contribution >= 0.6 is 0 Å². The molecule has 1 aliphatic carbocycles. The summed E-state index contributed by atoms with van der Waals surface area (Å²) in [6.07, 6.45) is 2.39. The number of hydrogen-bond donors (Lipinski definition) is 2. The topological polar surface area (TPSA) is 67.4 Å². The molecule has 1 saturated carbocycles. The minimum absolute atomic E-state index is 0.147. The first-order valence-electron chi connectivity index (χ1n) is 7.94. The molecule has 2 N–H and O–H groups in total. The molecular formula is C18H22N2O3S. The number of sulfonamides is 1. The van der Waals surface area contributed by atoms with Crippen LogP contribution in [0.4, 0.5) is 11.4 Å². The fraction of sp³-hybridized carbons (Fsp3) is 0.333. The molecule has 3 rings (SSSR count). The van der Waals surface area contributed by atoms with Crippen molar-refractivity contribution in [3.63, 3.8) is 0 Å². The van der Waals surface area contributed by atoms with E-state index in [1.165, 1.54) is 20.0 Å². The van der Waals surface area contributed by atoms with Gasteiger partial charge in [-0.05, 0) is 74.2 Å². The van der Waals surface area contributed by atoms with Crippen LogP contribution in [0.1, 0.15) is 24.0 Å². The Bertz CT molecular complexity index is 841. The third kappa shape index (κ3) is 3.64. The van der Waals surface area contributed by atoms with E-state index < -0.39 is 10.0 Å². The van der Waals surface area contributed by atoms with E-state index in [0.717, 1.165) is 16.8 Å². The van der Waals surface area contributed by atoms with Gasteiger partial charge in [-0.15, -0.1) is 0 Å². The Labute approximate surface area is 143 Å². The zero-order valence-electron chi connectivity index (χ0n) is 14.1. The Balaban J connectivity index is 1.84. The lowest BCUT2D eigenvalue weighted by Crippen LogP contribution is -2.14. The van der Waals surface area contributed by atoms with Gasteiger partial charge in [0.25, 0.3) is 10.0 Å². The SMILES string of the molecule is COc1cc(C)c(C)cc1S(=O)(=O)Nc1ccc(NC2CC2)cc1. The van der Waals surface area contributed by atoms with Crippen molar-refractivity contribution in [3.05, 3.63) is 47.5 Å². The zero-order chi connectivity index (χ0) is 17.3. The number of hydrogen-bond acceptors (Lipinski definition) is 4. The lowest BCUT2D eigenvalue weighted by atomic mass is 10.1. The molecule has 0 heterocycles. The Morgan fingerprint density at radius 1 is 1.00 bits per heavy atom. The van der Waals surface area contributed by atoms with Gasteiger partial charge in [-0.2, -0.15) is 0 Å². The number of rotatable bonds is 6. The fourth-order valence-corrected chi connectivity index (χ4v) is 3.74. The Hall–Kier alpha value is -2.21. The molecule has 1 aliphatic rings. The maximum Gasteiger partial charge on any atom is 0.265 e. The first kappa shape index (κ1) is 16.6. The number of benzene rings is 2. The number of methoxy groups -OCH3 is 1. The normalized spacial score (nSPS) is 14.3. The van der Waals surface area contributed by atoms with Crippen molar-refractivity contribution in [3.8, 4) is 5.75 Å². The molecule has 0 saturated heterocycles. The van der Waals surface area contributed by atoms with E-state index in [4.69, 9.17) is 4.74 Å². The van der Waals surface area contributed by atoms with Crippen molar-refractivity contribution in [2.75, 3.05) is 17.1 Å². The molecule has 0 unspecified atom stereocenters. The highest BCUT2D eigenvalue weighted by atomic mass is 32.2. The average Bonchev–Trinajstić information content (AvgIpc) is 3.35. The molecule has 0 spiro atoms. The van der Waals surface area contributed by atoms with Gasteiger partial charge >= 0.3 is 0 Å². The van der Waals surface area contributed by atoms with E-state index in [-0.39, 0.29) is 4.90 Å². The highest BCUT2D eigenvalue weighted by Gasteiger charge is 2.22. The second kappa shape index (κ2) is 6.36. The summed E-state index contributed by atoms with van der Waals surface area (Å²) in [4.78, 5) is 0.147. The molecule has 1 fully saturated rings. The van der Waals surface area contributed by atoms with Crippen molar-refractivity contribution < 1.29 is 13.2 Å². The predicted octanol–water partition coefficient (Wildman–Crippen LogP) is 3.69. The van der Waals surface area contributed by atoms with Crippen LogP contribution in [0.3, 0.4) is 0 Å². The minimum atomic E-state index is -3.71. The maximum absolute atomic E-state index is 12.7. The minimum Gasteiger partial charge on any atom is -0.495 e. The van der Waals surface area contributed by atoms with Crippen molar-refractivity contribution in [1.29, 1.82) is 0 Å². The van der Waals surface area contributed by atoms with Gasteiger partial charge in [-0.3, -0.25) is 4.72 Å². The number of aryl methyl sites for hydroxylation is 2. The van der Waals surface area contributed by atoms with Crippen LogP contribution in [-0.4, -0.2) is 21.6 Å². The van der Waals surface area contributed by atoms with Gasteiger partial charge in [0, 0.05) is 17.4 Å². The second-order valence-corrected chi connectivity index (χ2v) is 7.84. The number of nitrogens with one attached hydrogen (secondary N) is 2. The van der Waals surface area contributed by atoms with E-state index >= 15 is 0 Å². The van der Waals surface area contributed by atoms with E-state index in [2.05, 4.69) is 10.0 Å². The van der Waals surface area contributed by atoms with Crippen LogP contribution in [0.5, 0.6) is 5.75 Å². The molecule has 24 heavy (non-hydrogen) atoms. The van der Waals surface area contributed by atoms with Crippen LogP contribution in [0, 0.1) is 13.8 Å². The Morgan fingerprint density at radius 2 is 1.58 bits per heavy atom. The molecule has 0 aromatic heterocycles. The van der Waals surface area contributed by atoms with Crippen molar-refractivity contribution in [2.24, 2.45) is 0 Å². The third-order valence-electron chi connectivity index (χ3n) is 4.15. The summed E-state index contributed by atoms with van der Waals surface area (Å²) in [6.45, 7) is 3.80. The van der Waals surface area contributed by atoms with Gasteiger partial charge in [0.15, 0.2) is 0 Å². The lowest BCUT2D eigenvalue weighted by molar-refractivity contribution is 0.402. The van der Waals surface area contributed by atoms with E-state index in [0.29, 0.717) is 17.5 Å². The molecule has 0 bridgehead atoms. The van der Waals surface area contributed by atoms with Crippen LogP contribution in [0.15, 0.2) is 41.3 Å². The van der Waals surface area contributed by atoms with Gasteiger partial charge in [0.1, 0.15) is 10.6 Å². The summed E-state index contributed by atoms with van der Waals surface area (Å²) >= 11 is 0. The Kier molecular flexibility index (Phi) is 4.41. The molecule has 128 valence electrons. The smallest absolute Gasteiger partial charge is 0.265 e. The maximum atomic E-state index is 12.7. The summed E-state index contributed by atoms with van der Waals surface area (Å²) in [5.41, 5.74) is 3.42. The van der Waals surface area contributed by atoms with Crippen LogP contribution in [-0.2, 0) is 10.0 Å². The molecule has 2 aromatic carbocycles. The van der Waals surface area contributed by atoms with Crippen LogP contribution in [0.2, 0.25) is 0 Å². The molecular weight excluding hydrogens is 324 g/mol. The summed E-state index contributed by atoms with van der Waals surface area (Å²) in [6, 6.07) is 11.2. The Morgan fingerprint density at radius 3 is 2.17 bits per heavy atom. The van der Waals surface area contributed by atoms with Gasteiger partial charge in [-0.1, -0.05) is 0 Å². The molecule has 0 aliphatic heterocycles. The quantitative estimate of drug-likeness (QED) is 0.837. The van der Waals surface area contributed by atoms with E-state index in [1.807, 2.05) is 26.0 Å². The molecule has 0 atom stereocenters. The van der Waals surface area contributed by atoms with Crippen LogP contribution in [0.25, 0.3) is 0 Å². The number of ether oxygens (including phenoxy) is 1. The molecule has 6 heteroatoms. The van der Waals surface area contributed by atoms with Crippen LogP contribution < -0.4 is 14.8 Å². The van der Waals surface area contributed by atoms with E-state index in [9.17, 15) is 8.42 Å². The summed E-state index contributed by atoms with van der Waals surface area (Å²) in [5.74, 6) is 0.345. The fourth-order valence-electron chi connectivity index (χ4n) is 2.44. The highest BCUT2D eigenvalue weighted by molar-refractivity contribution is 7.92. The lowest BCUT2D eigenvalue weighted by Gasteiger charge is -2.14. The molecule has 2 aromatic rings. The third-order valence-corrected chi connectivity index (χ3v) is 5.56. The van der Waals surface area contributed by atoms with Gasteiger partial charge < -0.3 is 10.1 Å². The van der Waals surface area contributed by atoms with Gasteiger partial charge in [0.2, 0.25) is 0 Å². The molecule has 0 radical (unpaired) electrons. The van der Waals surface area contributed by atoms with E-state index in [1.54, 1.807) is 24.3 Å². The first-order chi connectivity index (χ1) is 11.4. The summed E-state index contributed by atoms with van der Waals surface area (Å²) < 4.78 is 33.3. The van der Waals surface area contributed by atoms with Gasteiger partial charge in [0.05, 0.1) is 7.11 Å². The standard InChI is InChI=1S/C18H22N2O3S/c1-12-10-17(23-3)18(11-13(12)2)24(21,22)20-16-8-6-15(7-9-16)19-14-4-5-14/h6-11,14,19-20H,4-5H2,1-3H3. The largest absolute Gasteiger partial charge is 0.495 e. The monoisotopic (exact) mass is 346 g/mol. The van der Waals surface area contributed by atoms with Crippen molar-refractivity contribution in [1.82, 2.24) is 0 Å². The zero-order valence-corrected chi connectivity index (χ0v) is 14.9. The van der Waals surface area contributed by atoms with Crippen molar-refractivity contribution >= 4 is 21.4 Å². The predicted molar refractivity (Wildman–Crippen MR) is 96.4 cm³/mol. The second-order valence-electron chi connectivity index (χ2n) is 6.19. The summed E-state index contributed by atoms with van der Waals surface area (Å²) in [5, 5.41) is 3.37. The highest BCUT2D eigenvalue weighted by Crippen LogP contribution is 2.30. The number of anilines is 2. The van der Waals surface area contributed by atoms with Gasteiger partial charge in [-0.25, -0.2) is 8.42 Å².